The zero-order valence-electron chi connectivity index (χ0n) is 19.1. The van der Waals surface area contributed by atoms with Gasteiger partial charge in [-0.2, -0.15) is 0 Å². The molecule has 0 fully saturated rings. The highest BCUT2D eigenvalue weighted by molar-refractivity contribution is 6.31. The molecule has 0 spiro atoms. The summed E-state index contributed by atoms with van der Waals surface area (Å²) in [6.45, 7) is 0.450. The van der Waals surface area contributed by atoms with Crippen molar-refractivity contribution in [2.45, 2.75) is 13.0 Å². The van der Waals surface area contributed by atoms with Crippen molar-refractivity contribution in [3.63, 3.8) is 0 Å². The van der Waals surface area contributed by atoms with Crippen molar-refractivity contribution < 1.29 is 19.6 Å². The van der Waals surface area contributed by atoms with Crippen molar-refractivity contribution in [1.29, 1.82) is 0 Å². The summed E-state index contributed by atoms with van der Waals surface area (Å²) in [7, 11) is 1.48. The molecule has 0 aliphatic carbocycles. The van der Waals surface area contributed by atoms with Gasteiger partial charge in [0.25, 0.3) is 5.69 Å². The first-order valence-electron chi connectivity index (χ1n) is 11.0. The van der Waals surface area contributed by atoms with Gasteiger partial charge < -0.3 is 14.4 Å². The summed E-state index contributed by atoms with van der Waals surface area (Å²) < 4.78 is 7.44. The molecule has 8 nitrogen and oxygen atoms in total. The van der Waals surface area contributed by atoms with E-state index in [1.165, 1.54) is 25.3 Å². The third-order valence-electron chi connectivity index (χ3n) is 6.12. The van der Waals surface area contributed by atoms with Crippen molar-refractivity contribution in [3.05, 3.63) is 110 Å². The predicted molar refractivity (Wildman–Crippen MR) is 137 cm³/mol. The number of ether oxygens (including phenoxy) is 1. The van der Waals surface area contributed by atoms with Gasteiger partial charge in [-0.3, -0.25) is 15.1 Å². The number of carboxylic acids is 1. The zero-order chi connectivity index (χ0) is 25.4. The van der Waals surface area contributed by atoms with Gasteiger partial charge in [0.15, 0.2) is 0 Å². The van der Waals surface area contributed by atoms with Crippen LogP contribution in [0.15, 0.2) is 72.9 Å². The largest absolute Gasteiger partial charge is 0.496 e. The lowest BCUT2D eigenvalue weighted by Gasteiger charge is -2.09. The maximum absolute atomic E-state index is 11.5. The smallest absolute Gasteiger partial charge is 0.335 e. The molecule has 0 aliphatic rings. The van der Waals surface area contributed by atoms with Gasteiger partial charge in [-0.15, -0.1) is 0 Å². The number of nitro groups is 1. The average molecular weight is 502 g/mol. The molecule has 5 rings (SSSR count). The van der Waals surface area contributed by atoms with Crippen molar-refractivity contribution >= 4 is 45.1 Å². The second-order valence-electron chi connectivity index (χ2n) is 8.39. The molecule has 9 heteroatoms. The Hall–Kier alpha value is -4.43. The number of rotatable bonds is 7. The van der Waals surface area contributed by atoms with Crippen LogP contribution in [0.5, 0.6) is 5.75 Å². The number of fused-ring (bicyclic) bond motifs is 2. The van der Waals surface area contributed by atoms with Gasteiger partial charge in [0.05, 0.1) is 35.4 Å². The fraction of sp³-hybridized carbons (Fsp3) is 0.111. The van der Waals surface area contributed by atoms with Crippen molar-refractivity contribution in [2.24, 2.45) is 0 Å². The first kappa shape index (κ1) is 23.3. The number of hydrogen-bond donors (Lipinski definition) is 1. The molecule has 5 aromatic rings. The first-order valence-corrected chi connectivity index (χ1v) is 11.4. The Morgan fingerprint density at radius 2 is 1.89 bits per heavy atom. The van der Waals surface area contributed by atoms with Gasteiger partial charge in [-0.25, -0.2) is 4.79 Å². The van der Waals surface area contributed by atoms with E-state index in [2.05, 4.69) is 0 Å². The summed E-state index contributed by atoms with van der Waals surface area (Å²) in [5, 5.41) is 23.1. The van der Waals surface area contributed by atoms with Crippen LogP contribution in [0.3, 0.4) is 0 Å². The molecular formula is C27H20ClN3O5. The fourth-order valence-electron chi connectivity index (χ4n) is 4.37. The van der Waals surface area contributed by atoms with Crippen LogP contribution < -0.4 is 4.74 Å². The number of aromatic nitrogens is 2. The van der Waals surface area contributed by atoms with Gasteiger partial charge in [0.1, 0.15) is 5.75 Å². The Morgan fingerprint density at radius 3 is 2.64 bits per heavy atom. The molecule has 2 heterocycles. The SMILES string of the molecule is COc1cc(C(=O)O)ccc1Cc1cn(Cc2ccc3ccc(Cl)cc3n2)c2ccc([N+](=O)[O-])cc12. The maximum Gasteiger partial charge on any atom is 0.335 e. The summed E-state index contributed by atoms with van der Waals surface area (Å²) in [6.07, 6.45) is 2.34. The number of benzene rings is 3. The molecule has 0 aliphatic heterocycles. The van der Waals surface area contributed by atoms with Crippen LogP contribution in [0.1, 0.15) is 27.2 Å². The van der Waals surface area contributed by atoms with E-state index in [0.717, 1.165) is 38.6 Å². The highest BCUT2D eigenvalue weighted by Crippen LogP contribution is 2.31. The predicted octanol–water partition coefficient (Wildman–Crippen LogP) is 6.10. The Bertz CT molecular complexity index is 1660. The molecule has 0 unspecified atom stereocenters. The van der Waals surface area contributed by atoms with Crippen molar-refractivity contribution in [3.8, 4) is 5.75 Å². The number of aromatic carboxylic acids is 1. The summed E-state index contributed by atoms with van der Waals surface area (Å²) in [5.74, 6) is -0.606. The summed E-state index contributed by atoms with van der Waals surface area (Å²) in [4.78, 5) is 27.1. The molecule has 36 heavy (non-hydrogen) atoms. The minimum Gasteiger partial charge on any atom is -0.496 e. The minimum atomic E-state index is -1.05. The summed E-state index contributed by atoms with van der Waals surface area (Å²) in [5.41, 5.74) is 4.16. The second kappa shape index (κ2) is 9.31. The molecule has 0 bridgehead atoms. The van der Waals surface area contributed by atoms with Crippen LogP contribution in [-0.2, 0) is 13.0 Å². The molecule has 0 saturated carbocycles. The Labute approximate surface area is 210 Å². The zero-order valence-corrected chi connectivity index (χ0v) is 19.9. The van der Waals surface area contributed by atoms with Gasteiger partial charge in [0.2, 0.25) is 0 Å². The number of hydrogen-bond acceptors (Lipinski definition) is 5. The molecule has 180 valence electrons. The summed E-state index contributed by atoms with van der Waals surface area (Å²) in [6, 6.07) is 19.0. The van der Waals surface area contributed by atoms with Crippen molar-refractivity contribution in [1.82, 2.24) is 9.55 Å². The number of carbonyl (C=O) groups is 1. The molecule has 0 radical (unpaired) electrons. The summed E-state index contributed by atoms with van der Waals surface area (Å²) >= 11 is 6.14. The Kier molecular flexibility index (Phi) is 6.03. The van der Waals surface area contributed by atoms with Crippen molar-refractivity contribution in [2.75, 3.05) is 7.11 Å². The van der Waals surface area contributed by atoms with Crippen LogP contribution in [0.25, 0.3) is 21.8 Å². The molecule has 0 amide bonds. The van der Waals surface area contributed by atoms with E-state index in [9.17, 15) is 20.0 Å². The number of halogens is 1. The standard InChI is InChI=1S/C27H20ClN3O5/c1-36-26-11-18(27(32)33)3-2-17(26)10-19-14-30(25-9-8-22(31(34)35)13-23(19)25)15-21-7-5-16-4-6-20(28)12-24(16)29-21/h2-9,11-14H,10,15H2,1H3,(H,32,33). The van der Waals surface area contributed by atoms with Gasteiger partial charge in [-0.1, -0.05) is 29.8 Å². The molecular weight excluding hydrogens is 482 g/mol. The topological polar surface area (TPSA) is 107 Å². The van der Waals surface area contributed by atoms with Gasteiger partial charge in [-0.05, 0) is 47.5 Å². The Balaban J connectivity index is 1.58. The lowest BCUT2D eigenvalue weighted by atomic mass is 10.0. The maximum atomic E-state index is 11.5. The minimum absolute atomic E-state index is 0.00633. The highest BCUT2D eigenvalue weighted by Gasteiger charge is 2.17. The van der Waals surface area contributed by atoms with E-state index in [0.29, 0.717) is 23.7 Å². The van der Waals surface area contributed by atoms with Crippen LogP contribution in [0, 0.1) is 10.1 Å². The lowest BCUT2D eigenvalue weighted by Crippen LogP contribution is -2.01. The molecule has 1 N–H and O–H groups in total. The average Bonchev–Trinajstić information content (AvgIpc) is 3.20. The lowest BCUT2D eigenvalue weighted by molar-refractivity contribution is -0.384. The number of nitrogens with zero attached hydrogens (tertiary/aromatic N) is 3. The number of carboxylic acid groups (broad SMARTS) is 1. The Morgan fingerprint density at radius 1 is 1.08 bits per heavy atom. The van der Waals surface area contributed by atoms with E-state index < -0.39 is 10.9 Å². The fourth-order valence-corrected chi connectivity index (χ4v) is 4.53. The van der Waals surface area contributed by atoms with Gasteiger partial charge >= 0.3 is 5.97 Å². The normalized spacial score (nSPS) is 11.2. The second-order valence-corrected chi connectivity index (χ2v) is 8.83. The number of non-ortho nitro benzene ring substituents is 1. The molecule has 0 atom stereocenters. The van der Waals surface area contributed by atoms with Crippen LogP contribution in [0.2, 0.25) is 5.02 Å². The van der Waals surface area contributed by atoms with E-state index in [-0.39, 0.29) is 11.3 Å². The number of methoxy groups -OCH3 is 1. The van der Waals surface area contributed by atoms with E-state index in [1.807, 2.05) is 41.1 Å². The van der Waals surface area contributed by atoms with E-state index in [1.54, 1.807) is 18.2 Å². The molecule has 0 saturated heterocycles. The third kappa shape index (κ3) is 4.46. The third-order valence-corrected chi connectivity index (χ3v) is 6.35. The van der Waals surface area contributed by atoms with Crippen LogP contribution in [-0.4, -0.2) is 32.7 Å². The van der Waals surface area contributed by atoms with E-state index in [4.69, 9.17) is 21.3 Å². The first-order chi connectivity index (χ1) is 17.3. The van der Waals surface area contributed by atoms with Gasteiger partial charge in [0, 0.05) is 46.1 Å². The molecule has 3 aromatic carbocycles. The monoisotopic (exact) mass is 501 g/mol. The van der Waals surface area contributed by atoms with E-state index >= 15 is 0 Å². The highest BCUT2D eigenvalue weighted by atomic mass is 35.5. The van der Waals surface area contributed by atoms with Crippen LogP contribution in [0.4, 0.5) is 5.69 Å². The quantitative estimate of drug-likeness (QED) is 0.213. The number of pyridine rings is 1. The number of nitro benzene ring substituents is 1. The van der Waals surface area contributed by atoms with Crippen LogP contribution >= 0.6 is 11.6 Å². The molecule has 2 aromatic heterocycles.